The fourth-order valence-corrected chi connectivity index (χ4v) is 2.01. The second kappa shape index (κ2) is 6.91. The zero-order valence-corrected chi connectivity index (χ0v) is 11.6. The zero-order chi connectivity index (χ0) is 14.4. The van der Waals surface area contributed by atoms with Gasteiger partial charge in [-0.25, -0.2) is 0 Å². The summed E-state index contributed by atoms with van der Waals surface area (Å²) >= 11 is 0. The Balaban J connectivity index is 2.88. The molecule has 102 valence electrons. The fourth-order valence-electron chi connectivity index (χ4n) is 2.01. The molecular formula is C15H20N2O2. The van der Waals surface area contributed by atoms with Gasteiger partial charge in [0.15, 0.2) is 0 Å². The Morgan fingerprint density at radius 3 is 2.74 bits per heavy atom. The van der Waals surface area contributed by atoms with Crippen LogP contribution in [-0.2, 0) is 0 Å². The van der Waals surface area contributed by atoms with Crippen molar-refractivity contribution >= 4 is 5.69 Å². The number of aryl methyl sites for hydroxylation is 1. The van der Waals surface area contributed by atoms with Crippen LogP contribution in [0.15, 0.2) is 18.2 Å². The van der Waals surface area contributed by atoms with Crippen molar-refractivity contribution in [2.45, 2.75) is 45.7 Å². The molecule has 1 aromatic rings. The van der Waals surface area contributed by atoms with Crippen molar-refractivity contribution in [1.29, 1.82) is 0 Å². The van der Waals surface area contributed by atoms with Gasteiger partial charge in [-0.15, -0.1) is 12.3 Å². The van der Waals surface area contributed by atoms with Gasteiger partial charge in [-0.05, 0) is 25.8 Å². The van der Waals surface area contributed by atoms with E-state index in [1.807, 2.05) is 13.0 Å². The average molecular weight is 260 g/mol. The smallest absolute Gasteiger partial charge is 0.272 e. The van der Waals surface area contributed by atoms with E-state index in [-0.39, 0.29) is 22.7 Å². The molecule has 0 aliphatic carbocycles. The standard InChI is InChI=1S/C15H20N2O2/c1-5-7-14(6-2)16-12(4)13-9-8-11(3)15(10-13)17(18)19/h1,8-10,12,14,16H,6-7H2,2-4H3. The highest BCUT2D eigenvalue weighted by atomic mass is 16.6. The van der Waals surface area contributed by atoms with Gasteiger partial charge >= 0.3 is 0 Å². The molecule has 4 nitrogen and oxygen atoms in total. The molecule has 0 amide bonds. The molecule has 1 N–H and O–H groups in total. The molecule has 0 heterocycles. The first kappa shape index (κ1) is 15.2. The number of terminal acetylenes is 1. The lowest BCUT2D eigenvalue weighted by Gasteiger charge is -2.21. The normalized spacial score (nSPS) is 13.6. The Labute approximate surface area is 114 Å². The SMILES string of the molecule is C#CCC(CC)NC(C)c1ccc(C)c([N+](=O)[O-])c1. The topological polar surface area (TPSA) is 55.2 Å². The number of hydrogen-bond donors (Lipinski definition) is 1. The largest absolute Gasteiger partial charge is 0.307 e. The van der Waals surface area contributed by atoms with Gasteiger partial charge in [0.05, 0.1) is 4.92 Å². The maximum Gasteiger partial charge on any atom is 0.272 e. The summed E-state index contributed by atoms with van der Waals surface area (Å²) in [7, 11) is 0. The molecule has 0 aliphatic rings. The van der Waals surface area contributed by atoms with Crippen LogP contribution in [0.25, 0.3) is 0 Å². The van der Waals surface area contributed by atoms with Gasteiger partial charge in [-0.2, -0.15) is 0 Å². The van der Waals surface area contributed by atoms with E-state index in [4.69, 9.17) is 6.42 Å². The van der Waals surface area contributed by atoms with E-state index in [1.165, 1.54) is 0 Å². The van der Waals surface area contributed by atoms with E-state index < -0.39 is 0 Å². The molecule has 2 unspecified atom stereocenters. The van der Waals surface area contributed by atoms with Gasteiger partial charge in [-0.3, -0.25) is 10.1 Å². The van der Waals surface area contributed by atoms with Crippen LogP contribution in [0, 0.1) is 29.4 Å². The first-order valence-corrected chi connectivity index (χ1v) is 6.44. The number of hydrogen-bond acceptors (Lipinski definition) is 3. The maximum absolute atomic E-state index is 10.9. The molecule has 4 heteroatoms. The van der Waals surface area contributed by atoms with Gasteiger partial charge in [-0.1, -0.05) is 19.1 Å². The van der Waals surface area contributed by atoms with Gasteiger partial charge in [0.1, 0.15) is 0 Å². The number of benzene rings is 1. The molecule has 2 atom stereocenters. The quantitative estimate of drug-likeness (QED) is 0.485. The van der Waals surface area contributed by atoms with Crippen LogP contribution >= 0.6 is 0 Å². The third kappa shape index (κ3) is 4.08. The minimum Gasteiger partial charge on any atom is -0.307 e. The lowest BCUT2D eigenvalue weighted by molar-refractivity contribution is -0.385. The Morgan fingerprint density at radius 1 is 1.53 bits per heavy atom. The highest BCUT2D eigenvalue weighted by Gasteiger charge is 2.16. The first-order valence-electron chi connectivity index (χ1n) is 6.44. The van der Waals surface area contributed by atoms with Crippen LogP contribution in [0.4, 0.5) is 5.69 Å². The second-order valence-electron chi connectivity index (χ2n) is 4.70. The molecule has 19 heavy (non-hydrogen) atoms. The summed E-state index contributed by atoms with van der Waals surface area (Å²) < 4.78 is 0. The van der Waals surface area contributed by atoms with E-state index in [9.17, 15) is 10.1 Å². The van der Waals surface area contributed by atoms with Crippen LogP contribution in [-0.4, -0.2) is 11.0 Å². The number of nitrogens with one attached hydrogen (secondary N) is 1. The van der Waals surface area contributed by atoms with Crippen molar-refractivity contribution in [2.75, 3.05) is 0 Å². The van der Waals surface area contributed by atoms with E-state index >= 15 is 0 Å². The molecule has 1 rings (SSSR count). The number of nitro groups is 1. The summed E-state index contributed by atoms with van der Waals surface area (Å²) in [5, 5.41) is 14.3. The van der Waals surface area contributed by atoms with Gasteiger partial charge in [0, 0.05) is 30.1 Å². The zero-order valence-electron chi connectivity index (χ0n) is 11.6. The predicted molar refractivity (Wildman–Crippen MR) is 76.9 cm³/mol. The molecule has 0 bridgehead atoms. The monoisotopic (exact) mass is 260 g/mol. The van der Waals surface area contributed by atoms with Crippen molar-refractivity contribution in [3.8, 4) is 12.3 Å². The van der Waals surface area contributed by atoms with E-state index in [0.717, 1.165) is 12.0 Å². The second-order valence-corrected chi connectivity index (χ2v) is 4.70. The molecule has 1 aromatic carbocycles. The Kier molecular flexibility index (Phi) is 5.53. The average Bonchev–Trinajstić information content (AvgIpc) is 2.38. The van der Waals surface area contributed by atoms with Gasteiger partial charge in [0.2, 0.25) is 0 Å². The summed E-state index contributed by atoms with van der Waals surface area (Å²) in [4.78, 5) is 10.6. The molecule has 0 aromatic heterocycles. The molecule has 0 fully saturated rings. The third-order valence-corrected chi connectivity index (χ3v) is 3.27. The number of nitro benzene ring substituents is 1. The van der Waals surface area contributed by atoms with Crippen molar-refractivity contribution in [2.24, 2.45) is 0 Å². The highest BCUT2D eigenvalue weighted by molar-refractivity contribution is 5.43. The number of nitrogens with zero attached hydrogens (tertiary/aromatic N) is 1. The predicted octanol–water partition coefficient (Wildman–Crippen LogP) is 3.36. The lowest BCUT2D eigenvalue weighted by Crippen LogP contribution is -2.30. The summed E-state index contributed by atoms with van der Waals surface area (Å²) in [5.41, 5.74) is 1.75. The molecule has 0 aliphatic heterocycles. The molecular weight excluding hydrogens is 240 g/mol. The van der Waals surface area contributed by atoms with Crippen LogP contribution in [0.3, 0.4) is 0 Å². The third-order valence-electron chi connectivity index (χ3n) is 3.27. The summed E-state index contributed by atoms with van der Waals surface area (Å²) in [5.74, 6) is 2.64. The Bertz CT molecular complexity index is 491. The molecule has 0 saturated carbocycles. The Hall–Kier alpha value is -1.86. The number of rotatable bonds is 6. The van der Waals surface area contributed by atoms with E-state index in [1.54, 1.807) is 19.1 Å². The lowest BCUT2D eigenvalue weighted by atomic mass is 10.0. The molecule has 0 spiro atoms. The molecule has 0 saturated heterocycles. The molecule has 0 radical (unpaired) electrons. The van der Waals surface area contributed by atoms with Crippen molar-refractivity contribution in [1.82, 2.24) is 5.32 Å². The van der Waals surface area contributed by atoms with Crippen LogP contribution in [0.2, 0.25) is 0 Å². The van der Waals surface area contributed by atoms with E-state index in [0.29, 0.717) is 12.0 Å². The fraction of sp³-hybridized carbons (Fsp3) is 0.467. The minimum absolute atomic E-state index is 0.0394. The highest BCUT2D eigenvalue weighted by Crippen LogP contribution is 2.23. The van der Waals surface area contributed by atoms with Gasteiger partial charge in [0.25, 0.3) is 5.69 Å². The summed E-state index contributed by atoms with van der Waals surface area (Å²) in [6.07, 6.45) is 6.92. The van der Waals surface area contributed by atoms with E-state index in [2.05, 4.69) is 18.2 Å². The summed E-state index contributed by atoms with van der Waals surface area (Å²) in [6, 6.07) is 5.62. The summed E-state index contributed by atoms with van der Waals surface area (Å²) in [6.45, 7) is 5.81. The minimum atomic E-state index is -0.343. The Morgan fingerprint density at radius 2 is 2.21 bits per heavy atom. The van der Waals surface area contributed by atoms with Crippen LogP contribution < -0.4 is 5.32 Å². The van der Waals surface area contributed by atoms with Crippen LogP contribution in [0.1, 0.15) is 43.9 Å². The van der Waals surface area contributed by atoms with Gasteiger partial charge < -0.3 is 5.32 Å². The van der Waals surface area contributed by atoms with Crippen molar-refractivity contribution < 1.29 is 4.92 Å². The first-order chi connectivity index (χ1) is 8.99. The maximum atomic E-state index is 10.9. The van der Waals surface area contributed by atoms with Crippen LogP contribution in [0.5, 0.6) is 0 Å². The van der Waals surface area contributed by atoms with Crippen molar-refractivity contribution in [3.63, 3.8) is 0 Å². The van der Waals surface area contributed by atoms with Crippen molar-refractivity contribution in [3.05, 3.63) is 39.4 Å².